The van der Waals surface area contributed by atoms with Gasteiger partial charge in [0.2, 0.25) is 15.9 Å². The minimum Gasteiger partial charge on any atom is -0.350 e. The predicted molar refractivity (Wildman–Crippen MR) is 98.0 cm³/mol. The van der Waals surface area contributed by atoms with Gasteiger partial charge in [-0.3, -0.25) is 4.79 Å². The van der Waals surface area contributed by atoms with Crippen LogP contribution in [0, 0.1) is 0 Å². The minimum atomic E-state index is -3.79. The highest BCUT2D eigenvalue weighted by atomic mass is 35.5. The van der Waals surface area contributed by atoms with Gasteiger partial charge in [-0.25, -0.2) is 21.9 Å². The molecule has 144 valence electrons. The van der Waals surface area contributed by atoms with Crippen molar-refractivity contribution < 1.29 is 22.0 Å². The van der Waals surface area contributed by atoms with Crippen molar-refractivity contribution in [3.05, 3.63) is 42.5 Å². The Labute approximate surface area is 156 Å². The number of carbonyl (C=O) groups is 1. The number of rotatable bonds is 8. The Morgan fingerprint density at radius 2 is 1.77 bits per heavy atom. The average molecular weight is 408 g/mol. The molecule has 6 nitrogen and oxygen atoms in total. The summed E-state index contributed by atoms with van der Waals surface area (Å²) in [5, 5.41) is 3.70. The Kier molecular flexibility index (Phi) is 7.88. The predicted octanol–water partition coefficient (Wildman–Crippen LogP) is 1.64. The number of nitrogens with one attached hydrogen (secondary N) is 2. The third-order valence-electron chi connectivity index (χ3n) is 3.52. The van der Waals surface area contributed by atoms with Crippen LogP contribution < -0.4 is 15.8 Å². The molecule has 2 aromatic carbocycles. The summed E-state index contributed by atoms with van der Waals surface area (Å²) in [5.74, 6) is -3.87. The van der Waals surface area contributed by atoms with Crippen LogP contribution in [0.15, 0.2) is 47.4 Å². The Hall–Kier alpha value is -1.81. The SMILES string of the molecule is Cl.NCC(F)(F)CNC(=O)CCNS(=O)(=O)c1ccc2ccccc2c1. The molecule has 0 aliphatic rings. The zero-order valence-corrected chi connectivity index (χ0v) is 15.4. The molecule has 4 N–H and O–H groups in total. The Balaban J connectivity index is 0.00000338. The van der Waals surface area contributed by atoms with Crippen LogP contribution in [-0.4, -0.2) is 39.9 Å². The molecule has 0 spiro atoms. The number of hydrogen-bond donors (Lipinski definition) is 3. The number of sulfonamides is 1. The summed E-state index contributed by atoms with van der Waals surface area (Å²) >= 11 is 0. The van der Waals surface area contributed by atoms with Crippen LogP contribution in [0.1, 0.15) is 6.42 Å². The lowest BCUT2D eigenvalue weighted by atomic mass is 10.1. The summed E-state index contributed by atoms with van der Waals surface area (Å²) in [6.07, 6.45) is -0.256. The van der Waals surface area contributed by atoms with E-state index in [-0.39, 0.29) is 30.3 Å². The van der Waals surface area contributed by atoms with Gasteiger partial charge in [0.05, 0.1) is 18.0 Å². The second-order valence-corrected chi connectivity index (χ2v) is 7.26. The molecule has 0 heterocycles. The monoisotopic (exact) mass is 407 g/mol. The molecule has 2 aromatic rings. The second-order valence-electron chi connectivity index (χ2n) is 5.49. The lowest BCUT2D eigenvalue weighted by molar-refractivity contribution is -0.122. The minimum absolute atomic E-state index is 0. The molecule has 0 saturated carbocycles. The van der Waals surface area contributed by atoms with E-state index >= 15 is 0 Å². The topological polar surface area (TPSA) is 101 Å². The highest BCUT2D eigenvalue weighted by molar-refractivity contribution is 7.89. The molecule has 2 rings (SSSR count). The highest BCUT2D eigenvalue weighted by Gasteiger charge is 2.27. The van der Waals surface area contributed by atoms with Crippen LogP contribution in [-0.2, 0) is 14.8 Å². The summed E-state index contributed by atoms with van der Waals surface area (Å²) in [6.45, 7) is -1.95. The van der Waals surface area contributed by atoms with Gasteiger partial charge >= 0.3 is 0 Å². The smallest absolute Gasteiger partial charge is 0.277 e. The van der Waals surface area contributed by atoms with Crippen molar-refractivity contribution in [1.82, 2.24) is 10.0 Å². The summed E-state index contributed by atoms with van der Waals surface area (Å²) in [5.41, 5.74) is 4.86. The molecule has 0 atom stereocenters. The first kappa shape index (κ1) is 22.2. The van der Waals surface area contributed by atoms with Crippen LogP contribution in [0.3, 0.4) is 0 Å². The molecule has 26 heavy (non-hydrogen) atoms. The lowest BCUT2D eigenvalue weighted by Gasteiger charge is -2.14. The van der Waals surface area contributed by atoms with Crippen molar-refractivity contribution in [3.8, 4) is 0 Å². The van der Waals surface area contributed by atoms with E-state index in [0.29, 0.717) is 0 Å². The fraction of sp³-hybridized carbons (Fsp3) is 0.312. The summed E-state index contributed by atoms with van der Waals surface area (Å²) < 4.78 is 52.6. The highest BCUT2D eigenvalue weighted by Crippen LogP contribution is 2.18. The second kappa shape index (κ2) is 9.22. The number of carbonyl (C=O) groups excluding carboxylic acids is 1. The number of benzene rings is 2. The first-order chi connectivity index (χ1) is 11.7. The van der Waals surface area contributed by atoms with E-state index in [1.807, 2.05) is 17.4 Å². The molecule has 0 aromatic heterocycles. The largest absolute Gasteiger partial charge is 0.350 e. The molecular formula is C16H20ClF2N3O3S. The fourth-order valence-corrected chi connectivity index (χ4v) is 3.17. The summed E-state index contributed by atoms with van der Waals surface area (Å²) in [4.78, 5) is 11.6. The molecule has 0 bridgehead atoms. The number of amides is 1. The number of alkyl halides is 2. The average Bonchev–Trinajstić information content (AvgIpc) is 2.59. The molecule has 0 unspecified atom stereocenters. The van der Waals surface area contributed by atoms with Gasteiger partial charge in [-0.2, -0.15) is 0 Å². The Morgan fingerprint density at radius 1 is 1.12 bits per heavy atom. The van der Waals surface area contributed by atoms with E-state index in [1.54, 1.807) is 18.2 Å². The molecule has 0 radical (unpaired) electrons. The molecule has 0 fully saturated rings. The maximum atomic E-state index is 12.9. The van der Waals surface area contributed by atoms with Gasteiger partial charge in [0.15, 0.2) is 0 Å². The van der Waals surface area contributed by atoms with Crippen LogP contribution in [0.5, 0.6) is 0 Å². The molecular weight excluding hydrogens is 388 g/mol. The third-order valence-corrected chi connectivity index (χ3v) is 4.98. The summed E-state index contributed by atoms with van der Waals surface area (Å²) in [6, 6.07) is 12.0. The normalized spacial score (nSPS) is 11.8. The van der Waals surface area contributed by atoms with Gasteiger partial charge in [-0.05, 0) is 22.9 Å². The third kappa shape index (κ3) is 6.17. The number of fused-ring (bicyclic) bond motifs is 1. The zero-order chi connectivity index (χ0) is 18.5. The molecule has 0 aliphatic heterocycles. The van der Waals surface area contributed by atoms with E-state index < -0.39 is 34.9 Å². The maximum absolute atomic E-state index is 12.9. The van der Waals surface area contributed by atoms with Crippen LogP contribution in [0.4, 0.5) is 8.78 Å². The van der Waals surface area contributed by atoms with Crippen molar-refractivity contribution in [2.75, 3.05) is 19.6 Å². The number of halogens is 3. The standard InChI is InChI=1S/C16H19F2N3O3S.ClH/c17-16(18,10-19)11-20-15(22)7-8-21-25(23,24)14-6-5-12-3-1-2-4-13(12)9-14;/h1-6,9,21H,7-8,10-11,19H2,(H,20,22);1H. The number of nitrogens with two attached hydrogens (primary N) is 1. The molecule has 0 aliphatic carbocycles. The van der Waals surface area contributed by atoms with Gasteiger partial charge in [0.1, 0.15) is 0 Å². The number of hydrogen-bond acceptors (Lipinski definition) is 4. The van der Waals surface area contributed by atoms with Gasteiger partial charge in [-0.1, -0.05) is 30.3 Å². The van der Waals surface area contributed by atoms with Crippen LogP contribution in [0.2, 0.25) is 0 Å². The van der Waals surface area contributed by atoms with Crippen molar-refractivity contribution >= 4 is 39.1 Å². The van der Waals surface area contributed by atoms with Crippen molar-refractivity contribution in [2.24, 2.45) is 5.73 Å². The van der Waals surface area contributed by atoms with E-state index in [0.717, 1.165) is 10.8 Å². The molecule has 10 heteroatoms. The van der Waals surface area contributed by atoms with Gasteiger partial charge < -0.3 is 11.1 Å². The van der Waals surface area contributed by atoms with E-state index in [1.165, 1.54) is 12.1 Å². The quantitative estimate of drug-likeness (QED) is 0.619. The summed E-state index contributed by atoms with van der Waals surface area (Å²) in [7, 11) is -3.79. The van der Waals surface area contributed by atoms with Crippen molar-refractivity contribution in [2.45, 2.75) is 17.2 Å². The van der Waals surface area contributed by atoms with E-state index in [2.05, 4.69) is 4.72 Å². The van der Waals surface area contributed by atoms with Crippen LogP contribution in [0.25, 0.3) is 10.8 Å². The van der Waals surface area contributed by atoms with Gasteiger partial charge in [-0.15, -0.1) is 12.4 Å². The van der Waals surface area contributed by atoms with E-state index in [4.69, 9.17) is 5.73 Å². The van der Waals surface area contributed by atoms with Gasteiger partial charge in [0.25, 0.3) is 5.92 Å². The lowest BCUT2D eigenvalue weighted by Crippen LogP contribution is -2.42. The maximum Gasteiger partial charge on any atom is 0.277 e. The molecule has 0 saturated heterocycles. The van der Waals surface area contributed by atoms with E-state index in [9.17, 15) is 22.0 Å². The zero-order valence-electron chi connectivity index (χ0n) is 13.7. The Bertz CT molecular complexity index is 863. The Morgan fingerprint density at radius 3 is 2.42 bits per heavy atom. The van der Waals surface area contributed by atoms with Crippen LogP contribution >= 0.6 is 12.4 Å². The first-order valence-corrected chi connectivity index (χ1v) is 9.05. The first-order valence-electron chi connectivity index (χ1n) is 7.57. The van der Waals surface area contributed by atoms with Gasteiger partial charge in [0, 0.05) is 13.0 Å². The molecule has 1 amide bonds. The van der Waals surface area contributed by atoms with Crippen molar-refractivity contribution in [3.63, 3.8) is 0 Å². The van der Waals surface area contributed by atoms with Crippen molar-refractivity contribution in [1.29, 1.82) is 0 Å². The fourth-order valence-electron chi connectivity index (χ4n) is 2.11.